The Hall–Kier alpha value is -2.93. The Balaban J connectivity index is 1.31. The minimum atomic E-state index is 0.395. The Labute approximate surface area is 203 Å². The van der Waals surface area contributed by atoms with E-state index in [0.29, 0.717) is 12.0 Å². The summed E-state index contributed by atoms with van der Waals surface area (Å²) in [6.45, 7) is 6.62. The predicted octanol–water partition coefficient (Wildman–Crippen LogP) is 5.24. The highest BCUT2D eigenvalue weighted by Gasteiger charge is 2.26. The topological polar surface area (TPSA) is 73.0 Å². The number of aryl methyl sites for hydroxylation is 1. The van der Waals surface area contributed by atoms with Crippen LogP contribution in [0.1, 0.15) is 56.5 Å². The molecule has 2 aromatic heterocycles. The van der Waals surface area contributed by atoms with Crippen molar-refractivity contribution in [1.82, 2.24) is 25.1 Å². The van der Waals surface area contributed by atoms with Crippen molar-refractivity contribution in [2.45, 2.75) is 57.9 Å². The molecule has 2 N–H and O–H groups in total. The van der Waals surface area contributed by atoms with Gasteiger partial charge < -0.3 is 15.1 Å². The molecule has 3 aliphatic rings. The van der Waals surface area contributed by atoms with Crippen LogP contribution in [-0.2, 0) is 0 Å². The molecule has 0 saturated carbocycles. The summed E-state index contributed by atoms with van der Waals surface area (Å²) in [5, 5.41) is 10.7. The summed E-state index contributed by atoms with van der Waals surface area (Å²) in [6.07, 6.45) is 21.8. The predicted molar refractivity (Wildman–Crippen MR) is 139 cm³/mol. The average Bonchev–Trinajstić information content (AvgIpc) is 3.10. The molecule has 0 aromatic carbocycles. The summed E-state index contributed by atoms with van der Waals surface area (Å²) in [5.41, 5.74) is 1.02. The van der Waals surface area contributed by atoms with E-state index in [1.54, 1.807) is 0 Å². The SMILES string of the molecule is Cc1cc(Nc2cc(N3CCC(N4CCCCCC4)CC3)nc(/C=C/C3C=CC=CC3)n2)n[nH]1. The molecule has 5 rings (SSSR count). The number of aromatic amines is 1. The van der Waals surface area contributed by atoms with Gasteiger partial charge in [0.1, 0.15) is 11.6 Å². The fourth-order valence-corrected chi connectivity index (χ4v) is 5.24. The van der Waals surface area contributed by atoms with Crippen LogP contribution in [-0.4, -0.2) is 57.3 Å². The summed E-state index contributed by atoms with van der Waals surface area (Å²) < 4.78 is 0. The number of rotatable bonds is 6. The van der Waals surface area contributed by atoms with Gasteiger partial charge in [0.05, 0.1) is 0 Å². The lowest BCUT2D eigenvalue weighted by Crippen LogP contribution is -2.45. The smallest absolute Gasteiger partial charge is 0.156 e. The highest BCUT2D eigenvalue weighted by Crippen LogP contribution is 2.26. The van der Waals surface area contributed by atoms with E-state index in [1.807, 2.05) is 13.0 Å². The number of hydrogen-bond donors (Lipinski definition) is 2. The van der Waals surface area contributed by atoms with Crippen molar-refractivity contribution >= 4 is 23.5 Å². The van der Waals surface area contributed by atoms with Gasteiger partial charge >= 0.3 is 0 Å². The fraction of sp³-hybridized carbons (Fsp3) is 0.519. The maximum Gasteiger partial charge on any atom is 0.156 e. The van der Waals surface area contributed by atoms with Gasteiger partial charge in [-0.25, -0.2) is 9.97 Å². The first-order valence-corrected chi connectivity index (χ1v) is 12.9. The number of anilines is 3. The molecule has 1 aliphatic carbocycles. The van der Waals surface area contributed by atoms with Crippen molar-refractivity contribution < 1.29 is 0 Å². The van der Waals surface area contributed by atoms with Gasteiger partial charge in [0.15, 0.2) is 11.6 Å². The number of nitrogens with one attached hydrogen (secondary N) is 2. The average molecular weight is 460 g/mol. The number of piperidine rings is 1. The number of hydrogen-bond acceptors (Lipinski definition) is 6. The Kier molecular flexibility index (Phi) is 7.39. The Bertz CT molecular complexity index is 1020. The van der Waals surface area contributed by atoms with Gasteiger partial charge in [-0.3, -0.25) is 5.10 Å². The Morgan fingerprint density at radius 2 is 1.79 bits per heavy atom. The lowest BCUT2D eigenvalue weighted by molar-refractivity contribution is 0.175. The molecule has 0 spiro atoms. The summed E-state index contributed by atoms with van der Waals surface area (Å²) in [7, 11) is 0. The zero-order chi connectivity index (χ0) is 23.2. The summed E-state index contributed by atoms with van der Waals surface area (Å²) in [5.74, 6) is 3.69. The van der Waals surface area contributed by atoms with Gasteiger partial charge in [-0.1, -0.05) is 43.2 Å². The van der Waals surface area contributed by atoms with Crippen molar-refractivity contribution in [3.63, 3.8) is 0 Å². The molecule has 180 valence electrons. The molecule has 7 nitrogen and oxygen atoms in total. The van der Waals surface area contributed by atoms with Crippen LogP contribution in [0.15, 0.2) is 42.5 Å². The van der Waals surface area contributed by atoms with Crippen LogP contribution in [0, 0.1) is 12.8 Å². The highest BCUT2D eigenvalue weighted by molar-refractivity contribution is 5.60. The Morgan fingerprint density at radius 1 is 0.971 bits per heavy atom. The second-order valence-electron chi connectivity index (χ2n) is 9.77. The van der Waals surface area contributed by atoms with Crippen molar-refractivity contribution in [3.05, 3.63) is 54.0 Å². The van der Waals surface area contributed by atoms with Gasteiger partial charge in [0.2, 0.25) is 0 Å². The molecule has 2 saturated heterocycles. The molecule has 2 fully saturated rings. The monoisotopic (exact) mass is 459 g/mol. The third-order valence-corrected chi connectivity index (χ3v) is 7.14. The van der Waals surface area contributed by atoms with E-state index >= 15 is 0 Å². The van der Waals surface area contributed by atoms with Crippen molar-refractivity contribution in [3.8, 4) is 0 Å². The molecule has 2 aliphatic heterocycles. The van der Waals surface area contributed by atoms with Crippen LogP contribution in [0.4, 0.5) is 17.5 Å². The van der Waals surface area contributed by atoms with Gasteiger partial charge in [-0.2, -0.15) is 5.10 Å². The van der Waals surface area contributed by atoms with Crippen molar-refractivity contribution in [2.24, 2.45) is 5.92 Å². The van der Waals surface area contributed by atoms with Crippen LogP contribution < -0.4 is 10.2 Å². The molecular weight excluding hydrogens is 422 g/mol. The molecule has 1 unspecified atom stereocenters. The summed E-state index contributed by atoms with van der Waals surface area (Å²) in [4.78, 5) is 14.9. The number of aromatic nitrogens is 4. The molecule has 2 aromatic rings. The van der Waals surface area contributed by atoms with Crippen LogP contribution in [0.25, 0.3) is 6.08 Å². The third kappa shape index (κ3) is 5.95. The number of likely N-dealkylation sites (tertiary alicyclic amines) is 1. The maximum absolute atomic E-state index is 4.94. The first-order chi connectivity index (χ1) is 16.7. The van der Waals surface area contributed by atoms with E-state index < -0.39 is 0 Å². The zero-order valence-corrected chi connectivity index (χ0v) is 20.3. The quantitative estimate of drug-likeness (QED) is 0.615. The normalized spacial score (nSPS) is 22.4. The van der Waals surface area contributed by atoms with E-state index in [0.717, 1.165) is 48.5 Å². The minimum absolute atomic E-state index is 0.395. The minimum Gasteiger partial charge on any atom is -0.356 e. The standard InChI is InChI=1S/C27H37N7/c1-21-19-26(32-31-21)29-25-20-27(30-24(28-25)12-11-22-9-5-4-6-10-22)34-17-13-23(14-18-34)33-15-7-2-3-8-16-33/h4-6,9,11-12,19-20,22-23H,2-3,7-8,10,13-18H2,1H3,(H2,28,29,30,31,32)/b12-11+. The lowest BCUT2D eigenvalue weighted by Gasteiger charge is -2.38. The van der Waals surface area contributed by atoms with Crippen LogP contribution >= 0.6 is 0 Å². The third-order valence-electron chi connectivity index (χ3n) is 7.14. The molecular formula is C27H37N7. The van der Waals surface area contributed by atoms with Crippen molar-refractivity contribution in [2.75, 3.05) is 36.4 Å². The molecule has 4 heterocycles. The van der Waals surface area contributed by atoms with Crippen LogP contribution in [0.3, 0.4) is 0 Å². The van der Waals surface area contributed by atoms with Crippen LogP contribution in [0.2, 0.25) is 0 Å². The summed E-state index contributed by atoms with van der Waals surface area (Å²) >= 11 is 0. The first kappa shape index (κ1) is 22.8. The summed E-state index contributed by atoms with van der Waals surface area (Å²) in [6, 6.07) is 4.77. The molecule has 0 radical (unpaired) electrons. The van der Waals surface area contributed by atoms with E-state index in [9.17, 15) is 0 Å². The first-order valence-electron chi connectivity index (χ1n) is 12.9. The van der Waals surface area contributed by atoms with E-state index in [2.05, 4.69) is 67.8 Å². The van der Waals surface area contributed by atoms with Gasteiger partial charge in [0.25, 0.3) is 0 Å². The number of allylic oxidation sites excluding steroid dienone is 5. The maximum atomic E-state index is 4.94. The van der Waals surface area contributed by atoms with Gasteiger partial charge in [-0.15, -0.1) is 0 Å². The Morgan fingerprint density at radius 3 is 2.50 bits per heavy atom. The molecule has 34 heavy (non-hydrogen) atoms. The molecule has 7 heteroatoms. The van der Waals surface area contributed by atoms with Crippen LogP contribution in [0.5, 0.6) is 0 Å². The lowest BCUT2D eigenvalue weighted by atomic mass is 10.0. The molecule has 0 amide bonds. The fourth-order valence-electron chi connectivity index (χ4n) is 5.24. The van der Waals surface area contributed by atoms with E-state index in [1.165, 1.54) is 51.6 Å². The zero-order valence-electron chi connectivity index (χ0n) is 20.3. The molecule has 1 atom stereocenters. The van der Waals surface area contributed by atoms with Gasteiger partial charge in [-0.05, 0) is 64.1 Å². The van der Waals surface area contributed by atoms with E-state index in [-0.39, 0.29) is 0 Å². The number of H-pyrrole nitrogens is 1. The molecule has 0 bridgehead atoms. The second-order valence-corrected chi connectivity index (χ2v) is 9.77. The van der Waals surface area contributed by atoms with Crippen molar-refractivity contribution in [1.29, 1.82) is 0 Å². The number of nitrogens with zero attached hydrogens (tertiary/aromatic N) is 5. The highest BCUT2D eigenvalue weighted by atomic mass is 15.3. The largest absolute Gasteiger partial charge is 0.356 e. The van der Waals surface area contributed by atoms with E-state index in [4.69, 9.17) is 9.97 Å². The van der Waals surface area contributed by atoms with Gasteiger partial charge in [0, 0.05) is 37.0 Å². The second kappa shape index (κ2) is 11.0.